The Balaban J connectivity index is 1.03. The van der Waals surface area contributed by atoms with E-state index in [4.69, 9.17) is 0 Å². The summed E-state index contributed by atoms with van der Waals surface area (Å²) < 4.78 is 9.95. The first-order valence-electron chi connectivity index (χ1n) is 19.8. The highest BCUT2D eigenvalue weighted by molar-refractivity contribution is 7.25. The Morgan fingerprint density at radius 2 is 0.759 bits per heavy atom. The van der Waals surface area contributed by atoms with Crippen LogP contribution in [0.1, 0.15) is 0 Å². The van der Waals surface area contributed by atoms with E-state index >= 15 is 0 Å². The van der Waals surface area contributed by atoms with Gasteiger partial charge >= 0.3 is 0 Å². The van der Waals surface area contributed by atoms with Crippen LogP contribution in [0.5, 0.6) is 0 Å². The maximum absolute atomic E-state index is 2.49. The molecule has 4 heteroatoms. The predicted octanol–water partition coefficient (Wildman–Crippen LogP) is 15.0. The third-order valence-electron chi connectivity index (χ3n) is 12.2. The van der Waals surface area contributed by atoms with E-state index in [0.29, 0.717) is 0 Å². The van der Waals surface area contributed by atoms with Crippen LogP contribution in [0, 0.1) is 0 Å². The molecule has 0 aliphatic rings. The van der Waals surface area contributed by atoms with Crippen LogP contribution in [0.15, 0.2) is 200 Å². The maximum atomic E-state index is 2.49. The Hall–Kier alpha value is -7.40. The van der Waals surface area contributed by atoms with E-state index in [9.17, 15) is 0 Å². The van der Waals surface area contributed by atoms with Crippen LogP contribution in [0.3, 0.4) is 0 Å². The van der Waals surface area contributed by atoms with E-state index in [-0.39, 0.29) is 0 Å². The van der Waals surface area contributed by atoms with Crippen molar-refractivity contribution < 1.29 is 0 Å². The molecule has 0 radical (unpaired) electrons. The fourth-order valence-corrected chi connectivity index (χ4v) is 10.9. The van der Waals surface area contributed by atoms with Crippen molar-refractivity contribution in [1.29, 1.82) is 0 Å². The maximum Gasteiger partial charge on any atom is 0.0555 e. The minimum absolute atomic E-state index is 1.15. The number of aromatic nitrogens is 3. The molecule has 4 heterocycles. The number of benzene rings is 9. The van der Waals surface area contributed by atoms with E-state index in [2.05, 4.69) is 214 Å². The SMILES string of the molecule is c1ccc(-c2ccc3sc4cccc(-n5c6ccccc6c6cc(-n7c8ccccc8c8cc(-n9c%10ccccc%10c%10ccccc%109)ccc87)ccc65)c4c3c2)cc1. The molecule has 0 atom stereocenters. The van der Waals surface area contributed by atoms with Crippen molar-refractivity contribution in [2.45, 2.75) is 0 Å². The molecule has 13 aromatic rings. The molecule has 13 rings (SSSR count). The Bertz CT molecular complexity index is 3750. The van der Waals surface area contributed by atoms with Gasteiger partial charge in [-0.2, -0.15) is 0 Å². The number of thiophene rings is 1. The van der Waals surface area contributed by atoms with Gasteiger partial charge in [0.2, 0.25) is 0 Å². The van der Waals surface area contributed by atoms with Gasteiger partial charge < -0.3 is 13.7 Å². The number of hydrogen-bond acceptors (Lipinski definition) is 1. The van der Waals surface area contributed by atoms with Gasteiger partial charge in [-0.1, -0.05) is 115 Å². The first-order chi connectivity index (χ1) is 28.8. The van der Waals surface area contributed by atoms with Gasteiger partial charge in [0.25, 0.3) is 0 Å². The van der Waals surface area contributed by atoms with E-state index in [1.807, 2.05) is 11.3 Å². The third kappa shape index (κ3) is 4.43. The largest absolute Gasteiger partial charge is 0.309 e. The molecule has 0 bridgehead atoms. The summed E-state index contributed by atoms with van der Waals surface area (Å²) >= 11 is 1.87. The lowest BCUT2D eigenvalue weighted by molar-refractivity contribution is 1.16. The molecule has 4 aromatic heterocycles. The monoisotopic (exact) mass is 755 g/mol. The quantitative estimate of drug-likeness (QED) is 0.170. The fourth-order valence-electron chi connectivity index (χ4n) is 9.74. The average molecular weight is 756 g/mol. The summed E-state index contributed by atoms with van der Waals surface area (Å²) in [5.74, 6) is 0. The lowest BCUT2D eigenvalue weighted by atomic mass is 10.0. The Kier molecular flexibility index (Phi) is 6.60. The van der Waals surface area contributed by atoms with E-state index in [1.54, 1.807) is 0 Å². The minimum atomic E-state index is 1.15. The Morgan fingerprint density at radius 3 is 1.34 bits per heavy atom. The highest BCUT2D eigenvalue weighted by Gasteiger charge is 2.20. The first-order valence-corrected chi connectivity index (χ1v) is 20.7. The summed E-state index contributed by atoms with van der Waals surface area (Å²) in [6.07, 6.45) is 0. The number of para-hydroxylation sites is 4. The fraction of sp³-hybridized carbons (Fsp3) is 0. The van der Waals surface area contributed by atoms with Crippen LogP contribution in [-0.2, 0) is 0 Å². The van der Waals surface area contributed by atoms with Crippen molar-refractivity contribution in [2.75, 3.05) is 0 Å². The summed E-state index contributed by atoms with van der Waals surface area (Å²) in [5.41, 5.74) is 13.2. The summed E-state index contributed by atoms with van der Waals surface area (Å²) in [5, 5.41) is 10.1. The molecule has 0 N–H and O–H groups in total. The molecule has 9 aromatic carbocycles. The molecule has 0 amide bonds. The zero-order valence-electron chi connectivity index (χ0n) is 31.3. The van der Waals surface area contributed by atoms with Crippen molar-refractivity contribution in [2.24, 2.45) is 0 Å². The Morgan fingerprint density at radius 1 is 0.276 bits per heavy atom. The van der Waals surface area contributed by atoms with Crippen molar-refractivity contribution in [1.82, 2.24) is 13.7 Å². The first kappa shape index (κ1) is 31.8. The van der Waals surface area contributed by atoms with E-state index in [0.717, 1.165) is 11.4 Å². The molecule has 0 aliphatic carbocycles. The van der Waals surface area contributed by atoms with Crippen molar-refractivity contribution in [3.05, 3.63) is 200 Å². The van der Waals surface area contributed by atoms with Crippen LogP contribution in [-0.4, -0.2) is 13.7 Å². The molecular weight excluding hydrogens is 723 g/mol. The highest BCUT2D eigenvalue weighted by Crippen LogP contribution is 2.43. The van der Waals surface area contributed by atoms with Gasteiger partial charge in [-0.25, -0.2) is 0 Å². The van der Waals surface area contributed by atoms with Crippen LogP contribution in [0.25, 0.3) is 114 Å². The lowest BCUT2D eigenvalue weighted by Crippen LogP contribution is -1.97. The second-order valence-electron chi connectivity index (χ2n) is 15.3. The summed E-state index contributed by atoms with van der Waals surface area (Å²) in [7, 11) is 0. The summed E-state index contributed by atoms with van der Waals surface area (Å²) in [4.78, 5) is 0. The lowest BCUT2D eigenvalue weighted by Gasteiger charge is -2.12. The molecule has 0 spiro atoms. The van der Waals surface area contributed by atoms with Gasteiger partial charge in [0, 0.05) is 63.9 Å². The molecule has 58 heavy (non-hydrogen) atoms. The van der Waals surface area contributed by atoms with E-state index in [1.165, 1.54) is 102 Å². The Labute approximate surface area is 337 Å². The highest BCUT2D eigenvalue weighted by atomic mass is 32.1. The molecule has 0 saturated carbocycles. The zero-order valence-corrected chi connectivity index (χ0v) is 32.1. The van der Waals surface area contributed by atoms with Gasteiger partial charge in [-0.15, -0.1) is 11.3 Å². The normalized spacial score (nSPS) is 12.1. The van der Waals surface area contributed by atoms with Crippen LogP contribution in [0.2, 0.25) is 0 Å². The molecule has 270 valence electrons. The molecule has 0 aliphatic heterocycles. The van der Waals surface area contributed by atoms with Crippen LogP contribution >= 0.6 is 11.3 Å². The number of hydrogen-bond donors (Lipinski definition) is 0. The topological polar surface area (TPSA) is 14.8 Å². The van der Waals surface area contributed by atoms with Gasteiger partial charge in [0.05, 0.1) is 38.8 Å². The average Bonchev–Trinajstić information content (AvgIpc) is 4.02. The van der Waals surface area contributed by atoms with E-state index < -0.39 is 0 Å². The smallest absolute Gasteiger partial charge is 0.0555 e. The number of fused-ring (bicyclic) bond motifs is 12. The number of rotatable bonds is 4. The van der Waals surface area contributed by atoms with Crippen molar-refractivity contribution in [3.63, 3.8) is 0 Å². The standard InChI is InChI=1S/C54H33N3S/c1-2-13-34(14-3-1)35-25-30-52-44(31-35)54-51(23-12-24-53(54)58-52)57-48-22-11-7-18-41(48)43-33-37(27-29-50(43)57)56-47-21-10-6-17-40(47)42-32-36(26-28-49(42)56)55-45-19-8-4-15-38(45)39-16-5-9-20-46(39)55/h1-33H. The summed E-state index contributed by atoms with van der Waals surface area (Å²) in [6, 6.07) is 73.7. The van der Waals surface area contributed by atoms with Gasteiger partial charge in [-0.3, -0.25) is 0 Å². The second kappa shape index (κ2) is 12.1. The predicted molar refractivity (Wildman–Crippen MR) is 248 cm³/mol. The van der Waals surface area contributed by atoms with Gasteiger partial charge in [0.1, 0.15) is 0 Å². The second-order valence-corrected chi connectivity index (χ2v) is 16.4. The molecular formula is C54H33N3S. The van der Waals surface area contributed by atoms with Crippen LogP contribution in [0.4, 0.5) is 0 Å². The zero-order chi connectivity index (χ0) is 37.9. The summed E-state index contributed by atoms with van der Waals surface area (Å²) in [6.45, 7) is 0. The van der Waals surface area contributed by atoms with Gasteiger partial charge in [0.15, 0.2) is 0 Å². The molecule has 3 nitrogen and oxygen atoms in total. The molecule has 0 saturated heterocycles. The third-order valence-corrected chi connectivity index (χ3v) is 13.4. The minimum Gasteiger partial charge on any atom is -0.309 e. The molecule has 0 fully saturated rings. The molecule has 0 unspecified atom stereocenters. The number of nitrogens with zero attached hydrogens (tertiary/aromatic N) is 3. The van der Waals surface area contributed by atoms with Crippen molar-refractivity contribution in [3.8, 4) is 28.2 Å². The van der Waals surface area contributed by atoms with Gasteiger partial charge in [-0.05, 0) is 96.1 Å². The van der Waals surface area contributed by atoms with Crippen LogP contribution < -0.4 is 0 Å². The van der Waals surface area contributed by atoms with Crippen molar-refractivity contribution >= 4 is 96.9 Å².